The van der Waals surface area contributed by atoms with Gasteiger partial charge in [-0.2, -0.15) is 0 Å². The highest BCUT2D eigenvalue weighted by atomic mass is 35.5. The summed E-state index contributed by atoms with van der Waals surface area (Å²) in [5.41, 5.74) is 0.125. The summed E-state index contributed by atoms with van der Waals surface area (Å²) in [4.78, 5) is 45.7. The molecular weight excluding hydrogens is 544 g/mol. The lowest BCUT2D eigenvalue weighted by atomic mass is 9.78. The summed E-state index contributed by atoms with van der Waals surface area (Å²) in [6.45, 7) is 0.147. The van der Waals surface area contributed by atoms with Gasteiger partial charge in [-0.3, -0.25) is 14.4 Å². The van der Waals surface area contributed by atoms with Gasteiger partial charge in [0.15, 0.2) is 0 Å². The lowest BCUT2D eigenvalue weighted by molar-refractivity contribution is -0.155. The molecule has 0 bridgehead atoms. The van der Waals surface area contributed by atoms with Crippen LogP contribution in [0.4, 0.5) is 5.69 Å². The Morgan fingerprint density at radius 1 is 1.00 bits per heavy atom. The van der Waals surface area contributed by atoms with Crippen LogP contribution in [0.3, 0.4) is 0 Å². The number of rotatable bonds is 5. The zero-order chi connectivity index (χ0) is 28.6. The molecule has 2 saturated heterocycles. The molecule has 2 aromatic carbocycles. The largest absolute Gasteiger partial charge is 0.465 e. The van der Waals surface area contributed by atoms with Crippen molar-refractivity contribution in [2.24, 2.45) is 11.8 Å². The van der Waals surface area contributed by atoms with Crippen molar-refractivity contribution < 1.29 is 29.0 Å². The lowest BCUT2D eigenvalue weighted by Gasteiger charge is -2.38. The molecule has 2 fully saturated rings. The number of hydrogen-bond donors (Lipinski definition) is 1. The van der Waals surface area contributed by atoms with Crippen LogP contribution in [0.5, 0.6) is 0 Å². The standard InChI is InChI=1S/C32H33ClN2O6/c33-22-12-14-23(15-13-22)34-17-8-16-32-27(26-25(41-32)11-6-1-2-7-18-40-31(26)39)29(37)35(28(32)30(34)38)24(20-36)19-21-9-4-3-5-10-21/h3-6,8-16,24-28,36H,1-2,7,17-20H2/b11-6-/t24-,25-,26+,27+,28?,32+/m1/s1. The van der Waals surface area contributed by atoms with E-state index >= 15 is 0 Å². The fourth-order valence-electron chi connectivity index (χ4n) is 6.74. The highest BCUT2D eigenvalue weighted by Crippen LogP contribution is 2.54. The predicted octanol–water partition coefficient (Wildman–Crippen LogP) is 3.71. The van der Waals surface area contributed by atoms with E-state index in [4.69, 9.17) is 21.1 Å². The van der Waals surface area contributed by atoms with Gasteiger partial charge >= 0.3 is 5.97 Å². The van der Waals surface area contributed by atoms with Gasteiger partial charge in [-0.1, -0.05) is 66.2 Å². The number of amides is 2. The molecule has 1 N–H and O–H groups in total. The molecule has 214 valence electrons. The molecule has 0 radical (unpaired) electrons. The third kappa shape index (κ3) is 4.88. The summed E-state index contributed by atoms with van der Waals surface area (Å²) >= 11 is 6.13. The first-order chi connectivity index (χ1) is 19.9. The van der Waals surface area contributed by atoms with Gasteiger partial charge < -0.3 is 24.4 Å². The third-order valence-electron chi connectivity index (χ3n) is 8.60. The van der Waals surface area contributed by atoms with Crippen LogP contribution in [-0.4, -0.2) is 71.3 Å². The molecule has 9 heteroatoms. The van der Waals surface area contributed by atoms with Crippen LogP contribution in [0.2, 0.25) is 5.02 Å². The summed E-state index contributed by atoms with van der Waals surface area (Å²) in [5, 5.41) is 11.2. The van der Waals surface area contributed by atoms with Gasteiger partial charge in [0.1, 0.15) is 17.6 Å². The van der Waals surface area contributed by atoms with E-state index in [9.17, 15) is 19.5 Å². The van der Waals surface area contributed by atoms with E-state index in [2.05, 4.69) is 0 Å². The van der Waals surface area contributed by atoms with Crippen molar-refractivity contribution in [1.29, 1.82) is 0 Å². The molecule has 1 unspecified atom stereocenters. The summed E-state index contributed by atoms with van der Waals surface area (Å²) in [6, 6.07) is 14.6. The fraction of sp³-hybridized carbons (Fsp3) is 0.406. The van der Waals surface area contributed by atoms with Gasteiger partial charge in [-0.05, 0) is 55.5 Å². The highest BCUT2D eigenvalue weighted by molar-refractivity contribution is 6.30. The zero-order valence-corrected chi connectivity index (χ0v) is 23.4. The molecule has 4 aliphatic rings. The zero-order valence-electron chi connectivity index (χ0n) is 22.6. The summed E-state index contributed by atoms with van der Waals surface area (Å²) in [7, 11) is 0. The van der Waals surface area contributed by atoms with E-state index < -0.39 is 47.5 Å². The number of aliphatic hydroxyl groups is 1. The van der Waals surface area contributed by atoms with Crippen LogP contribution >= 0.6 is 11.6 Å². The number of cyclic esters (lactones) is 1. The van der Waals surface area contributed by atoms with Gasteiger partial charge in [-0.25, -0.2) is 0 Å². The van der Waals surface area contributed by atoms with E-state index in [1.54, 1.807) is 35.2 Å². The van der Waals surface area contributed by atoms with Crippen LogP contribution in [-0.2, 0) is 30.3 Å². The van der Waals surface area contributed by atoms with Gasteiger partial charge in [0.2, 0.25) is 5.91 Å². The minimum Gasteiger partial charge on any atom is -0.465 e. The Bertz CT molecular complexity index is 1360. The molecule has 6 rings (SSSR count). The molecule has 0 aromatic heterocycles. The number of anilines is 1. The maximum absolute atomic E-state index is 14.6. The number of benzene rings is 2. The Morgan fingerprint density at radius 3 is 2.54 bits per heavy atom. The monoisotopic (exact) mass is 576 g/mol. The predicted molar refractivity (Wildman–Crippen MR) is 153 cm³/mol. The van der Waals surface area contributed by atoms with Crippen LogP contribution in [0.25, 0.3) is 0 Å². The Labute approximate surface area is 244 Å². The Kier molecular flexibility index (Phi) is 7.72. The minimum absolute atomic E-state index is 0.245. The maximum Gasteiger partial charge on any atom is 0.312 e. The smallest absolute Gasteiger partial charge is 0.312 e. The second-order valence-electron chi connectivity index (χ2n) is 11.0. The fourth-order valence-corrected chi connectivity index (χ4v) is 6.87. The average Bonchev–Trinajstić information content (AvgIpc) is 3.37. The first-order valence-electron chi connectivity index (χ1n) is 14.2. The number of esters is 1. The minimum atomic E-state index is -1.41. The van der Waals surface area contributed by atoms with Crippen LogP contribution in [0, 0.1) is 11.8 Å². The Balaban J connectivity index is 1.47. The quantitative estimate of drug-likeness (QED) is 0.431. The van der Waals surface area contributed by atoms with Crippen LogP contribution in [0.1, 0.15) is 24.8 Å². The van der Waals surface area contributed by atoms with Gasteiger partial charge in [-0.15, -0.1) is 0 Å². The number of carbonyl (C=O) groups excluding carboxylic acids is 3. The van der Waals surface area contributed by atoms with Crippen molar-refractivity contribution in [1.82, 2.24) is 4.90 Å². The maximum atomic E-state index is 14.6. The topological polar surface area (TPSA) is 96.4 Å². The second kappa shape index (κ2) is 11.4. The number of halogens is 1. The molecule has 8 nitrogen and oxygen atoms in total. The molecule has 0 aliphatic carbocycles. The van der Waals surface area contributed by atoms with Crippen molar-refractivity contribution in [2.75, 3.05) is 24.7 Å². The lowest BCUT2D eigenvalue weighted by Crippen LogP contribution is -2.58. The van der Waals surface area contributed by atoms with Crippen molar-refractivity contribution in [3.8, 4) is 0 Å². The van der Waals surface area contributed by atoms with E-state index in [0.29, 0.717) is 17.1 Å². The molecule has 0 saturated carbocycles. The first-order valence-corrected chi connectivity index (χ1v) is 14.5. The number of ether oxygens (including phenoxy) is 2. The molecule has 2 amide bonds. The molecule has 41 heavy (non-hydrogen) atoms. The SMILES string of the molecule is O=C1OCCCC/C=C\[C@H]2O[C@]34C=CCN(c5ccc(Cl)cc5)C(=O)C3N([C@@H](CO)Cc3ccccc3)C(=O)[C@@H]4[C@@H]12. The highest BCUT2D eigenvalue weighted by Gasteiger charge is 2.72. The summed E-state index contributed by atoms with van der Waals surface area (Å²) in [5.74, 6) is -3.14. The Hall–Kier alpha value is -3.46. The number of aliphatic hydroxyl groups excluding tert-OH is 1. The number of hydrogen-bond acceptors (Lipinski definition) is 6. The van der Waals surface area contributed by atoms with Gasteiger partial charge in [0, 0.05) is 17.3 Å². The van der Waals surface area contributed by atoms with Crippen molar-refractivity contribution >= 4 is 35.1 Å². The molecular formula is C32H33ClN2O6. The number of fused-ring (bicyclic) bond motifs is 2. The normalized spacial score (nSPS) is 31.1. The summed E-state index contributed by atoms with van der Waals surface area (Å²) in [6.07, 6.45) is 9.45. The van der Waals surface area contributed by atoms with E-state index in [0.717, 1.165) is 24.8 Å². The average molecular weight is 577 g/mol. The van der Waals surface area contributed by atoms with E-state index in [1.165, 1.54) is 4.90 Å². The molecule has 1 spiro atoms. The third-order valence-corrected chi connectivity index (χ3v) is 8.85. The number of allylic oxidation sites excluding steroid dienone is 1. The molecule has 4 aliphatic heterocycles. The number of carbonyl (C=O) groups is 3. The second-order valence-corrected chi connectivity index (χ2v) is 11.5. The van der Waals surface area contributed by atoms with Gasteiger partial charge in [0.05, 0.1) is 31.3 Å². The van der Waals surface area contributed by atoms with E-state index in [1.807, 2.05) is 48.6 Å². The first kappa shape index (κ1) is 27.7. The van der Waals surface area contributed by atoms with Crippen LogP contribution < -0.4 is 4.90 Å². The van der Waals surface area contributed by atoms with Crippen molar-refractivity contribution in [2.45, 2.75) is 49.5 Å². The van der Waals surface area contributed by atoms with Gasteiger partial charge in [0.25, 0.3) is 5.91 Å². The Morgan fingerprint density at radius 2 is 1.78 bits per heavy atom. The molecule has 6 atom stereocenters. The number of nitrogens with zero attached hydrogens (tertiary/aromatic N) is 2. The molecule has 4 heterocycles. The van der Waals surface area contributed by atoms with Crippen molar-refractivity contribution in [3.63, 3.8) is 0 Å². The summed E-state index contributed by atoms with van der Waals surface area (Å²) < 4.78 is 12.3. The molecule has 2 aromatic rings. The number of likely N-dealkylation sites (tertiary alicyclic amines) is 1. The van der Waals surface area contributed by atoms with Crippen molar-refractivity contribution in [3.05, 3.63) is 89.5 Å². The van der Waals surface area contributed by atoms with E-state index in [-0.39, 0.29) is 25.7 Å². The van der Waals surface area contributed by atoms with Crippen LogP contribution in [0.15, 0.2) is 78.9 Å².